The molecule has 1 unspecified atom stereocenters. The largest absolute Gasteiger partial charge is 0.243 e. The van der Waals surface area contributed by atoms with E-state index >= 15 is 0 Å². The minimum atomic E-state index is -3.99. The van der Waals surface area contributed by atoms with Crippen LogP contribution in [0.25, 0.3) is 11.1 Å². The lowest BCUT2D eigenvalue weighted by Gasteiger charge is -2.38. The molecule has 1 atom stereocenters. The van der Waals surface area contributed by atoms with E-state index in [1.165, 1.54) is 11.1 Å². The van der Waals surface area contributed by atoms with Crippen LogP contribution in [0, 0.1) is 12.3 Å². The van der Waals surface area contributed by atoms with Gasteiger partial charge in [-0.25, -0.2) is 8.42 Å². The topological polar surface area (TPSA) is 37.4 Å². The zero-order valence-electron chi connectivity index (χ0n) is 30.8. The fourth-order valence-electron chi connectivity index (χ4n) is 8.88. The van der Waals surface area contributed by atoms with Gasteiger partial charge >= 0.3 is 0 Å². The van der Waals surface area contributed by atoms with Crippen molar-refractivity contribution in [3.05, 3.63) is 206 Å². The summed E-state index contributed by atoms with van der Waals surface area (Å²) in [5.74, 6) is 0. The molecule has 1 saturated carbocycles. The number of benzene rings is 5. The van der Waals surface area contributed by atoms with Crippen LogP contribution in [0.4, 0.5) is 0 Å². The van der Waals surface area contributed by atoms with Crippen LogP contribution in [0.15, 0.2) is 167 Å². The third kappa shape index (κ3) is 6.16. The van der Waals surface area contributed by atoms with Crippen molar-refractivity contribution in [3.63, 3.8) is 0 Å². The smallest absolute Gasteiger partial charge is 0.207 e. The Balaban J connectivity index is 1.70. The second kappa shape index (κ2) is 14.1. The molecule has 2 aliphatic rings. The van der Waals surface area contributed by atoms with Crippen LogP contribution in [0.1, 0.15) is 61.1 Å². The monoisotopic (exact) mass is 755 g/mol. The summed E-state index contributed by atoms with van der Waals surface area (Å²) < 4.78 is 31.5. The Morgan fingerprint density at radius 2 is 1.28 bits per heavy atom. The molecular weight excluding hydrogens is 713 g/mol. The first-order chi connectivity index (χ1) is 25.3. The molecule has 0 aliphatic heterocycles. The second-order valence-corrected chi connectivity index (χ2v) is 17.5. The van der Waals surface area contributed by atoms with E-state index in [9.17, 15) is 8.42 Å². The number of aryl methyl sites for hydroxylation is 1. The van der Waals surface area contributed by atoms with Gasteiger partial charge in [-0.05, 0) is 113 Å². The molecule has 5 aromatic rings. The SMILES string of the molecule is C=CCN(CC12C(=C(c3ccc(Cl)cc3)c3ccc(Cl)cc3)C(=C(C)C)C(C)(C)C1=C(c1ccccc1)c1ccccc12)S(=O)(=O)c1ccc(C)cc1. The van der Waals surface area contributed by atoms with E-state index in [1.54, 1.807) is 22.5 Å². The van der Waals surface area contributed by atoms with Crippen molar-refractivity contribution in [1.29, 1.82) is 0 Å². The lowest BCUT2D eigenvalue weighted by Crippen LogP contribution is -2.44. The van der Waals surface area contributed by atoms with E-state index in [1.807, 2.05) is 49.4 Å². The van der Waals surface area contributed by atoms with Crippen molar-refractivity contribution in [2.24, 2.45) is 5.41 Å². The fraction of sp³-hybridized carbons (Fsp3) is 0.191. The predicted octanol–water partition coefficient (Wildman–Crippen LogP) is 12.1. The maximum atomic E-state index is 14.9. The van der Waals surface area contributed by atoms with Gasteiger partial charge in [-0.2, -0.15) is 4.31 Å². The third-order valence-electron chi connectivity index (χ3n) is 10.7. The minimum Gasteiger partial charge on any atom is -0.207 e. The molecule has 1 fully saturated rings. The standard InChI is InChI=1S/C47H43Cl2NO2S/c1-7-29-50(53(51,52)38-27-17-32(4)18-28-38)30-47-40-16-12-11-15-39(40)42(33-13-9-8-10-14-33)45(47)46(5,6)43(31(2)3)44(47)41(34-19-23-36(48)24-20-34)35-21-25-37(49)26-22-35/h7-28H,1,29-30H2,2-6H3. The van der Waals surface area contributed by atoms with Crippen LogP contribution in [0.3, 0.4) is 0 Å². The molecule has 3 nitrogen and oxygen atoms in total. The van der Waals surface area contributed by atoms with Crippen molar-refractivity contribution in [3.8, 4) is 0 Å². The van der Waals surface area contributed by atoms with Crippen LogP contribution in [0.5, 0.6) is 0 Å². The summed E-state index contributed by atoms with van der Waals surface area (Å²) in [5, 5.41) is 1.27. The molecule has 268 valence electrons. The number of nitrogens with zero attached hydrogens (tertiary/aromatic N) is 1. The number of fused-ring (bicyclic) bond motifs is 3. The Kier molecular flexibility index (Phi) is 9.80. The number of rotatable bonds is 9. The highest BCUT2D eigenvalue weighted by atomic mass is 35.5. The lowest BCUT2D eigenvalue weighted by molar-refractivity contribution is 0.378. The molecule has 0 N–H and O–H groups in total. The van der Waals surface area contributed by atoms with Crippen LogP contribution in [-0.4, -0.2) is 25.8 Å². The molecule has 0 bridgehead atoms. The first-order valence-corrected chi connectivity index (χ1v) is 20.0. The third-order valence-corrected chi connectivity index (χ3v) is 13.1. The number of hydrogen-bond acceptors (Lipinski definition) is 2. The molecule has 0 spiro atoms. The van der Waals surface area contributed by atoms with Crippen LogP contribution in [0.2, 0.25) is 10.0 Å². The van der Waals surface area contributed by atoms with Gasteiger partial charge < -0.3 is 0 Å². The summed E-state index contributed by atoms with van der Waals surface area (Å²) in [6.07, 6.45) is 1.69. The molecule has 0 aromatic heterocycles. The van der Waals surface area contributed by atoms with Gasteiger partial charge in [-0.3, -0.25) is 0 Å². The molecule has 0 heterocycles. The van der Waals surface area contributed by atoms with Gasteiger partial charge in [-0.15, -0.1) is 6.58 Å². The minimum absolute atomic E-state index is 0.128. The summed E-state index contributed by atoms with van der Waals surface area (Å²) in [6.45, 7) is 15.2. The van der Waals surface area contributed by atoms with Gasteiger partial charge in [0.15, 0.2) is 0 Å². The Morgan fingerprint density at radius 3 is 1.83 bits per heavy atom. The normalized spacial score (nSPS) is 17.6. The molecule has 0 saturated heterocycles. The Labute approximate surface area is 324 Å². The predicted molar refractivity (Wildman–Crippen MR) is 222 cm³/mol. The van der Waals surface area contributed by atoms with Crippen molar-refractivity contribution in [2.45, 2.75) is 44.9 Å². The average molecular weight is 757 g/mol. The van der Waals surface area contributed by atoms with E-state index < -0.39 is 20.9 Å². The van der Waals surface area contributed by atoms with Gasteiger partial charge in [0.2, 0.25) is 10.0 Å². The molecule has 0 radical (unpaired) electrons. The van der Waals surface area contributed by atoms with Crippen molar-refractivity contribution < 1.29 is 8.42 Å². The zero-order valence-corrected chi connectivity index (χ0v) is 33.1. The van der Waals surface area contributed by atoms with Crippen molar-refractivity contribution in [2.75, 3.05) is 13.1 Å². The quantitative estimate of drug-likeness (QED) is 0.140. The number of halogens is 2. The van der Waals surface area contributed by atoms with Gasteiger partial charge in [0, 0.05) is 28.5 Å². The highest BCUT2D eigenvalue weighted by molar-refractivity contribution is 7.89. The molecule has 53 heavy (non-hydrogen) atoms. The average Bonchev–Trinajstić information content (AvgIpc) is 3.54. The first kappa shape index (κ1) is 36.9. The molecule has 6 heteroatoms. The highest BCUT2D eigenvalue weighted by Crippen LogP contribution is 2.70. The number of sulfonamides is 1. The van der Waals surface area contributed by atoms with Crippen LogP contribution in [-0.2, 0) is 15.4 Å². The summed E-state index contributed by atoms with van der Waals surface area (Å²) in [5.41, 5.74) is 11.5. The van der Waals surface area contributed by atoms with Crippen LogP contribution >= 0.6 is 23.2 Å². The zero-order chi connectivity index (χ0) is 37.7. The number of allylic oxidation sites excluding steroid dienone is 2. The van der Waals surface area contributed by atoms with Crippen molar-refractivity contribution in [1.82, 2.24) is 4.31 Å². The van der Waals surface area contributed by atoms with E-state index in [4.69, 9.17) is 23.2 Å². The molecule has 5 aromatic carbocycles. The maximum Gasteiger partial charge on any atom is 0.243 e. The van der Waals surface area contributed by atoms with Crippen molar-refractivity contribution >= 4 is 44.4 Å². The molecule has 7 rings (SSSR count). The molecule has 2 aliphatic carbocycles. The van der Waals surface area contributed by atoms with Gasteiger partial charge in [0.25, 0.3) is 0 Å². The Hall–Kier alpha value is -4.45. The maximum absolute atomic E-state index is 14.9. The second-order valence-electron chi connectivity index (χ2n) is 14.7. The summed E-state index contributed by atoms with van der Waals surface area (Å²) >= 11 is 13.1. The van der Waals surface area contributed by atoms with Gasteiger partial charge in [0.1, 0.15) is 0 Å². The number of hydrogen-bond donors (Lipinski definition) is 0. The first-order valence-electron chi connectivity index (χ1n) is 17.9. The molecular formula is C47H43Cl2NO2S. The summed E-state index contributed by atoms with van der Waals surface area (Å²) in [4.78, 5) is 0.252. The molecule has 0 amide bonds. The van der Waals surface area contributed by atoms with E-state index in [0.717, 1.165) is 55.7 Å². The van der Waals surface area contributed by atoms with Gasteiger partial charge in [0.05, 0.1) is 10.3 Å². The van der Waals surface area contributed by atoms with Gasteiger partial charge in [-0.1, -0.05) is 145 Å². The Bertz CT molecular complexity index is 2370. The van der Waals surface area contributed by atoms with Crippen LogP contribution < -0.4 is 0 Å². The van der Waals surface area contributed by atoms with E-state index in [0.29, 0.717) is 10.0 Å². The summed E-state index contributed by atoms with van der Waals surface area (Å²) in [6, 6.07) is 42.1. The summed E-state index contributed by atoms with van der Waals surface area (Å²) in [7, 11) is -3.99. The lowest BCUT2D eigenvalue weighted by atomic mass is 9.70. The van der Waals surface area contributed by atoms with E-state index in [-0.39, 0.29) is 18.0 Å². The highest BCUT2D eigenvalue weighted by Gasteiger charge is 2.62. The fourth-order valence-corrected chi connectivity index (χ4v) is 10.6. The Morgan fingerprint density at radius 1 is 0.736 bits per heavy atom. The van der Waals surface area contributed by atoms with E-state index in [2.05, 4.69) is 107 Å².